The lowest BCUT2D eigenvalue weighted by Crippen LogP contribution is -2.44. The Bertz CT molecular complexity index is 1140. The number of ether oxygens (including phenoxy) is 3. The highest BCUT2D eigenvalue weighted by atomic mass is 32.1. The normalized spacial score (nSPS) is 14.9. The summed E-state index contributed by atoms with van der Waals surface area (Å²) in [5.41, 5.74) is 4.32. The number of methoxy groups -OCH3 is 2. The molecule has 3 aromatic rings. The summed E-state index contributed by atoms with van der Waals surface area (Å²) in [6.07, 6.45) is 0.804. The van der Waals surface area contributed by atoms with Crippen LogP contribution in [0.4, 0.5) is 10.1 Å². The number of halogens is 1. The first-order valence-corrected chi connectivity index (χ1v) is 11.2. The van der Waals surface area contributed by atoms with Crippen LogP contribution in [0.15, 0.2) is 60.7 Å². The van der Waals surface area contributed by atoms with E-state index in [9.17, 15) is 4.39 Å². The molecule has 7 heteroatoms. The number of nitrogens with one attached hydrogen (secondary N) is 1. The second-order valence-electron chi connectivity index (χ2n) is 7.93. The van der Waals surface area contributed by atoms with Gasteiger partial charge < -0.3 is 24.4 Å². The topological polar surface area (TPSA) is 43.0 Å². The summed E-state index contributed by atoms with van der Waals surface area (Å²) in [5, 5.41) is 3.99. The van der Waals surface area contributed by atoms with Crippen LogP contribution in [0.25, 0.3) is 0 Å². The molecule has 0 aliphatic carbocycles. The molecule has 0 amide bonds. The van der Waals surface area contributed by atoms with Gasteiger partial charge in [-0.2, -0.15) is 0 Å². The monoisotopic (exact) mass is 466 g/mol. The van der Waals surface area contributed by atoms with E-state index in [2.05, 4.69) is 16.3 Å². The molecule has 1 heterocycles. The zero-order valence-electron chi connectivity index (χ0n) is 18.9. The van der Waals surface area contributed by atoms with Crippen LogP contribution < -0.4 is 19.5 Å². The SMILES string of the molecule is COc1cc2c(cc1OC)C(COc1ccc(F)cc1)N(C(=S)Nc1cccc(C)c1)CC2. The van der Waals surface area contributed by atoms with Gasteiger partial charge in [-0.05, 0) is 90.8 Å². The molecule has 0 fully saturated rings. The van der Waals surface area contributed by atoms with E-state index in [0.29, 0.717) is 29.0 Å². The number of benzene rings is 3. The zero-order chi connectivity index (χ0) is 23.4. The summed E-state index contributed by atoms with van der Waals surface area (Å²) in [5.74, 6) is 1.65. The van der Waals surface area contributed by atoms with E-state index < -0.39 is 0 Å². The Morgan fingerprint density at radius 2 is 1.79 bits per heavy atom. The van der Waals surface area contributed by atoms with Crippen LogP contribution in [0.3, 0.4) is 0 Å². The number of hydrogen-bond donors (Lipinski definition) is 1. The fourth-order valence-corrected chi connectivity index (χ4v) is 4.41. The maximum absolute atomic E-state index is 13.3. The van der Waals surface area contributed by atoms with Gasteiger partial charge in [0.05, 0.1) is 20.3 Å². The molecule has 3 aromatic carbocycles. The van der Waals surface area contributed by atoms with Crippen molar-refractivity contribution < 1.29 is 18.6 Å². The van der Waals surface area contributed by atoms with Crippen LogP contribution in [0.1, 0.15) is 22.7 Å². The average molecular weight is 467 g/mol. The van der Waals surface area contributed by atoms with Crippen molar-refractivity contribution in [3.05, 3.63) is 83.2 Å². The molecule has 1 aliphatic rings. The zero-order valence-corrected chi connectivity index (χ0v) is 19.7. The summed E-state index contributed by atoms with van der Waals surface area (Å²) in [6.45, 7) is 3.10. The van der Waals surface area contributed by atoms with Crippen LogP contribution >= 0.6 is 12.2 Å². The average Bonchev–Trinajstić information content (AvgIpc) is 2.82. The van der Waals surface area contributed by atoms with Crippen molar-refractivity contribution in [2.24, 2.45) is 0 Å². The van der Waals surface area contributed by atoms with Gasteiger partial charge >= 0.3 is 0 Å². The minimum absolute atomic E-state index is 0.164. The Morgan fingerprint density at radius 3 is 2.48 bits per heavy atom. The Balaban J connectivity index is 1.64. The fourth-order valence-electron chi connectivity index (χ4n) is 4.08. The number of aryl methyl sites for hydroxylation is 1. The lowest BCUT2D eigenvalue weighted by molar-refractivity contribution is 0.190. The molecule has 0 bridgehead atoms. The molecule has 1 N–H and O–H groups in total. The maximum atomic E-state index is 13.3. The van der Waals surface area contributed by atoms with Gasteiger partial charge in [-0.1, -0.05) is 12.1 Å². The second-order valence-corrected chi connectivity index (χ2v) is 8.32. The Morgan fingerprint density at radius 1 is 1.06 bits per heavy atom. The van der Waals surface area contributed by atoms with E-state index in [1.54, 1.807) is 26.4 Å². The summed E-state index contributed by atoms with van der Waals surface area (Å²) in [6, 6.07) is 18.0. The molecular formula is C26H27FN2O3S. The van der Waals surface area contributed by atoms with Gasteiger partial charge in [0.15, 0.2) is 16.6 Å². The van der Waals surface area contributed by atoms with Crippen molar-refractivity contribution in [3.63, 3.8) is 0 Å². The number of rotatable bonds is 6. The van der Waals surface area contributed by atoms with E-state index in [0.717, 1.165) is 35.3 Å². The van der Waals surface area contributed by atoms with Crippen LogP contribution in [0, 0.1) is 12.7 Å². The maximum Gasteiger partial charge on any atom is 0.174 e. The molecule has 0 aromatic heterocycles. The molecule has 0 spiro atoms. The van der Waals surface area contributed by atoms with E-state index >= 15 is 0 Å². The van der Waals surface area contributed by atoms with Gasteiger partial charge in [-0.25, -0.2) is 4.39 Å². The van der Waals surface area contributed by atoms with Gasteiger partial charge in [0.25, 0.3) is 0 Å². The lowest BCUT2D eigenvalue weighted by Gasteiger charge is -2.39. The molecule has 33 heavy (non-hydrogen) atoms. The highest BCUT2D eigenvalue weighted by molar-refractivity contribution is 7.80. The number of anilines is 1. The molecule has 0 radical (unpaired) electrons. The second kappa shape index (κ2) is 10.1. The molecule has 1 aliphatic heterocycles. The van der Waals surface area contributed by atoms with Gasteiger partial charge in [-0.15, -0.1) is 0 Å². The standard InChI is InChI=1S/C26H27FN2O3S/c1-17-5-4-6-20(13-17)28-26(33)29-12-11-18-14-24(30-2)25(31-3)15-22(18)23(29)16-32-21-9-7-19(27)8-10-21/h4-10,13-15,23H,11-12,16H2,1-3H3,(H,28,33). The summed E-state index contributed by atoms with van der Waals surface area (Å²) < 4.78 is 30.4. The first kappa shape index (κ1) is 22.9. The van der Waals surface area contributed by atoms with Crippen molar-refractivity contribution in [1.29, 1.82) is 0 Å². The summed E-state index contributed by atoms with van der Waals surface area (Å²) in [7, 11) is 3.26. The van der Waals surface area contributed by atoms with Gasteiger partial charge in [0.1, 0.15) is 18.2 Å². The molecule has 0 saturated heterocycles. The van der Waals surface area contributed by atoms with Crippen LogP contribution in [0.2, 0.25) is 0 Å². The van der Waals surface area contributed by atoms with E-state index in [4.69, 9.17) is 26.4 Å². The molecule has 1 atom stereocenters. The van der Waals surface area contributed by atoms with Crippen molar-refractivity contribution in [2.75, 3.05) is 32.7 Å². The van der Waals surface area contributed by atoms with Crippen molar-refractivity contribution in [1.82, 2.24) is 4.90 Å². The summed E-state index contributed by atoms with van der Waals surface area (Å²) in [4.78, 5) is 2.13. The van der Waals surface area contributed by atoms with Crippen molar-refractivity contribution >= 4 is 23.0 Å². The van der Waals surface area contributed by atoms with Crippen LogP contribution in [0.5, 0.6) is 17.2 Å². The molecule has 172 valence electrons. The number of fused-ring (bicyclic) bond motifs is 1. The molecule has 0 saturated carbocycles. The van der Waals surface area contributed by atoms with E-state index in [1.165, 1.54) is 12.1 Å². The highest BCUT2D eigenvalue weighted by Crippen LogP contribution is 2.38. The quantitative estimate of drug-likeness (QED) is 0.482. The van der Waals surface area contributed by atoms with Gasteiger partial charge in [0.2, 0.25) is 0 Å². The molecule has 4 rings (SSSR count). The third kappa shape index (κ3) is 5.20. The van der Waals surface area contributed by atoms with Gasteiger partial charge in [-0.3, -0.25) is 0 Å². The number of hydrogen-bond acceptors (Lipinski definition) is 4. The largest absolute Gasteiger partial charge is 0.493 e. The Kier molecular flexibility index (Phi) is 6.99. The molecular weight excluding hydrogens is 439 g/mol. The molecule has 1 unspecified atom stereocenters. The van der Waals surface area contributed by atoms with Crippen molar-refractivity contribution in [3.8, 4) is 17.2 Å². The highest BCUT2D eigenvalue weighted by Gasteiger charge is 2.31. The predicted octanol–water partition coefficient (Wildman–Crippen LogP) is 5.53. The van der Waals surface area contributed by atoms with Crippen LogP contribution in [-0.2, 0) is 6.42 Å². The first-order valence-electron chi connectivity index (χ1n) is 10.8. The minimum Gasteiger partial charge on any atom is -0.493 e. The lowest BCUT2D eigenvalue weighted by atomic mass is 9.92. The predicted molar refractivity (Wildman–Crippen MR) is 132 cm³/mol. The van der Waals surface area contributed by atoms with Crippen LogP contribution in [-0.4, -0.2) is 37.4 Å². The smallest absolute Gasteiger partial charge is 0.174 e. The first-order chi connectivity index (χ1) is 16.0. The fraction of sp³-hybridized carbons (Fsp3) is 0.269. The number of thiocarbonyl (C=S) groups is 1. The third-order valence-electron chi connectivity index (χ3n) is 5.75. The third-order valence-corrected chi connectivity index (χ3v) is 6.09. The summed E-state index contributed by atoms with van der Waals surface area (Å²) >= 11 is 5.82. The minimum atomic E-state index is -0.299. The Hall–Kier alpha value is -3.32. The van der Waals surface area contributed by atoms with E-state index in [-0.39, 0.29) is 11.9 Å². The number of nitrogens with zero attached hydrogens (tertiary/aromatic N) is 1. The van der Waals surface area contributed by atoms with Crippen molar-refractivity contribution in [2.45, 2.75) is 19.4 Å². The molecule has 5 nitrogen and oxygen atoms in total. The Labute approximate surface area is 199 Å². The van der Waals surface area contributed by atoms with Gasteiger partial charge in [0, 0.05) is 12.2 Å². The van der Waals surface area contributed by atoms with E-state index in [1.807, 2.05) is 37.3 Å².